The van der Waals surface area contributed by atoms with Gasteiger partial charge in [0.15, 0.2) is 0 Å². The standard InChI is InChI=1S/C20H27N3O2S/c1-13-2-5-17(26-13)19(25)23-8-6-20(7-9-23)16-12-22(10-14-3-4-14)11-15(16)18(24)21-20/h2,5,14-16H,3-4,6-12H2,1H3,(H,21,24)/t15-,16+/m1/s1. The highest BCUT2D eigenvalue weighted by Gasteiger charge is 2.57. The zero-order valence-corrected chi connectivity index (χ0v) is 16.2. The third-order valence-electron chi connectivity index (χ3n) is 6.92. The summed E-state index contributed by atoms with van der Waals surface area (Å²) in [6.07, 6.45) is 4.52. The fraction of sp³-hybridized carbons (Fsp3) is 0.700. The Morgan fingerprint density at radius 2 is 2.04 bits per heavy atom. The van der Waals surface area contributed by atoms with E-state index in [1.54, 1.807) is 11.3 Å². The number of carbonyl (C=O) groups is 2. The van der Waals surface area contributed by atoms with Gasteiger partial charge in [0.2, 0.25) is 5.91 Å². The average Bonchev–Trinajstić information content (AvgIpc) is 3.06. The first-order valence-corrected chi connectivity index (χ1v) is 10.8. The van der Waals surface area contributed by atoms with E-state index >= 15 is 0 Å². The quantitative estimate of drug-likeness (QED) is 0.883. The van der Waals surface area contributed by atoms with Crippen molar-refractivity contribution in [3.63, 3.8) is 0 Å². The summed E-state index contributed by atoms with van der Waals surface area (Å²) in [5.41, 5.74) is -0.0812. The fourth-order valence-electron chi connectivity index (χ4n) is 5.27. The van der Waals surface area contributed by atoms with Crippen molar-refractivity contribution >= 4 is 23.2 Å². The van der Waals surface area contributed by atoms with Gasteiger partial charge < -0.3 is 15.1 Å². The lowest BCUT2D eigenvalue weighted by atomic mass is 9.75. The van der Waals surface area contributed by atoms with Crippen molar-refractivity contribution in [2.24, 2.45) is 17.8 Å². The van der Waals surface area contributed by atoms with E-state index in [1.165, 1.54) is 24.3 Å². The molecule has 4 heterocycles. The summed E-state index contributed by atoms with van der Waals surface area (Å²) in [6.45, 7) is 6.71. The normalized spacial score (nSPS) is 30.7. The molecule has 4 aliphatic rings. The topological polar surface area (TPSA) is 52.7 Å². The molecule has 2 amide bonds. The maximum absolute atomic E-state index is 12.7. The number of piperidine rings is 1. The van der Waals surface area contributed by atoms with E-state index in [0.29, 0.717) is 5.92 Å². The minimum atomic E-state index is -0.0812. The Morgan fingerprint density at radius 3 is 2.69 bits per heavy atom. The maximum atomic E-state index is 12.7. The number of amides is 2. The highest BCUT2D eigenvalue weighted by Crippen LogP contribution is 2.45. The van der Waals surface area contributed by atoms with Gasteiger partial charge >= 0.3 is 0 Å². The molecule has 1 aromatic heterocycles. The maximum Gasteiger partial charge on any atom is 0.263 e. The number of hydrogen-bond donors (Lipinski definition) is 1. The Morgan fingerprint density at radius 1 is 1.27 bits per heavy atom. The Balaban J connectivity index is 1.26. The summed E-state index contributed by atoms with van der Waals surface area (Å²) in [5.74, 6) is 1.87. The molecule has 140 valence electrons. The van der Waals surface area contributed by atoms with Crippen LogP contribution in [0.3, 0.4) is 0 Å². The lowest BCUT2D eigenvalue weighted by Crippen LogP contribution is -2.56. The van der Waals surface area contributed by atoms with Crippen LogP contribution in [-0.4, -0.2) is 59.9 Å². The van der Waals surface area contributed by atoms with Gasteiger partial charge in [-0.2, -0.15) is 0 Å². The van der Waals surface area contributed by atoms with E-state index in [1.807, 2.05) is 24.0 Å². The molecule has 1 N–H and O–H groups in total. The average molecular weight is 374 g/mol. The number of nitrogens with zero attached hydrogens (tertiary/aromatic N) is 2. The van der Waals surface area contributed by atoms with Crippen LogP contribution in [0.1, 0.15) is 40.2 Å². The SMILES string of the molecule is Cc1ccc(C(=O)N2CCC3(CC2)NC(=O)[C@@H]2CN(CC4CC4)C[C@@H]23)s1. The number of carbonyl (C=O) groups excluding carboxylic acids is 2. The summed E-state index contributed by atoms with van der Waals surface area (Å²) < 4.78 is 0. The first-order valence-electron chi connectivity index (χ1n) is 9.94. The second-order valence-corrected chi connectivity index (χ2v) is 10.0. The number of hydrogen-bond acceptors (Lipinski definition) is 4. The molecule has 1 aliphatic carbocycles. The highest BCUT2D eigenvalue weighted by atomic mass is 32.1. The number of rotatable bonds is 3. The van der Waals surface area contributed by atoms with E-state index in [-0.39, 0.29) is 23.3 Å². The number of nitrogens with one attached hydrogen (secondary N) is 1. The molecule has 5 nitrogen and oxygen atoms in total. The predicted octanol–water partition coefficient (Wildman–Crippen LogP) is 2.12. The Bertz CT molecular complexity index is 733. The molecule has 3 aliphatic heterocycles. The minimum absolute atomic E-state index is 0.0812. The molecule has 6 heteroatoms. The zero-order valence-electron chi connectivity index (χ0n) is 15.4. The van der Waals surface area contributed by atoms with Crippen molar-refractivity contribution in [2.75, 3.05) is 32.7 Å². The van der Waals surface area contributed by atoms with Gasteiger partial charge in [0.05, 0.1) is 10.8 Å². The van der Waals surface area contributed by atoms with Crippen LogP contribution in [0, 0.1) is 24.7 Å². The van der Waals surface area contributed by atoms with Crippen molar-refractivity contribution in [2.45, 2.75) is 38.1 Å². The summed E-state index contributed by atoms with van der Waals surface area (Å²) in [7, 11) is 0. The number of thiophene rings is 1. The lowest BCUT2D eigenvalue weighted by Gasteiger charge is -2.42. The molecule has 1 aromatic rings. The largest absolute Gasteiger partial charge is 0.350 e. The zero-order chi connectivity index (χ0) is 17.9. The molecule has 4 fully saturated rings. The van der Waals surface area contributed by atoms with Gasteiger partial charge in [-0.1, -0.05) is 0 Å². The van der Waals surface area contributed by atoms with Crippen molar-refractivity contribution in [1.82, 2.24) is 15.1 Å². The van der Waals surface area contributed by atoms with Gasteiger partial charge in [-0.05, 0) is 50.7 Å². The molecule has 0 unspecified atom stereocenters. The van der Waals surface area contributed by atoms with E-state index in [9.17, 15) is 9.59 Å². The van der Waals surface area contributed by atoms with Crippen LogP contribution in [0.4, 0.5) is 0 Å². The van der Waals surface area contributed by atoms with Crippen molar-refractivity contribution in [3.8, 4) is 0 Å². The van der Waals surface area contributed by atoms with Crippen molar-refractivity contribution < 1.29 is 9.59 Å². The third kappa shape index (κ3) is 2.78. The number of fused-ring (bicyclic) bond motifs is 2. The van der Waals surface area contributed by atoms with Gasteiger partial charge in [0.1, 0.15) is 0 Å². The van der Waals surface area contributed by atoms with E-state index < -0.39 is 0 Å². The summed E-state index contributed by atoms with van der Waals surface area (Å²) in [6, 6.07) is 3.95. The second-order valence-electron chi connectivity index (χ2n) is 8.72. The van der Waals surface area contributed by atoms with E-state index in [4.69, 9.17) is 0 Å². The molecule has 1 saturated carbocycles. The van der Waals surface area contributed by atoms with Crippen molar-refractivity contribution in [1.29, 1.82) is 0 Å². The van der Waals surface area contributed by atoms with E-state index in [0.717, 1.165) is 49.8 Å². The molecule has 0 radical (unpaired) electrons. The summed E-state index contributed by atoms with van der Waals surface area (Å²) in [4.78, 5) is 31.8. The van der Waals surface area contributed by atoms with Crippen LogP contribution in [0.25, 0.3) is 0 Å². The first kappa shape index (κ1) is 16.8. The van der Waals surface area contributed by atoms with Crippen LogP contribution >= 0.6 is 11.3 Å². The Kier molecular flexibility index (Phi) is 3.90. The second kappa shape index (κ2) is 6.06. The van der Waals surface area contributed by atoms with Gasteiger partial charge in [0.25, 0.3) is 5.91 Å². The summed E-state index contributed by atoms with van der Waals surface area (Å²) in [5, 5.41) is 3.36. The lowest BCUT2D eigenvalue weighted by molar-refractivity contribution is -0.123. The first-order chi connectivity index (χ1) is 12.5. The van der Waals surface area contributed by atoms with Crippen LogP contribution in [0.2, 0.25) is 0 Å². The molecule has 0 bridgehead atoms. The van der Waals surface area contributed by atoms with Gasteiger partial charge in [-0.3, -0.25) is 9.59 Å². The van der Waals surface area contributed by atoms with Crippen LogP contribution in [0.15, 0.2) is 12.1 Å². The molecule has 1 spiro atoms. The van der Waals surface area contributed by atoms with Gasteiger partial charge in [-0.15, -0.1) is 11.3 Å². The van der Waals surface area contributed by atoms with Gasteiger partial charge in [-0.25, -0.2) is 0 Å². The third-order valence-corrected chi connectivity index (χ3v) is 7.91. The molecule has 3 saturated heterocycles. The molecule has 0 aromatic carbocycles. The van der Waals surface area contributed by atoms with Gasteiger partial charge in [0, 0.05) is 49.1 Å². The van der Waals surface area contributed by atoms with E-state index in [2.05, 4.69) is 10.2 Å². The van der Waals surface area contributed by atoms with Crippen LogP contribution in [0.5, 0.6) is 0 Å². The van der Waals surface area contributed by atoms with Crippen LogP contribution < -0.4 is 5.32 Å². The molecular weight excluding hydrogens is 346 g/mol. The van der Waals surface area contributed by atoms with Crippen LogP contribution in [-0.2, 0) is 4.79 Å². The molecular formula is C20H27N3O2S. The van der Waals surface area contributed by atoms with Crippen molar-refractivity contribution in [3.05, 3.63) is 21.9 Å². The molecule has 26 heavy (non-hydrogen) atoms. The predicted molar refractivity (Wildman–Crippen MR) is 101 cm³/mol. The molecule has 2 atom stereocenters. The minimum Gasteiger partial charge on any atom is -0.350 e. The smallest absolute Gasteiger partial charge is 0.263 e. The Hall–Kier alpha value is -1.40. The monoisotopic (exact) mass is 373 g/mol. The highest BCUT2D eigenvalue weighted by molar-refractivity contribution is 7.13. The summed E-state index contributed by atoms with van der Waals surface area (Å²) >= 11 is 1.57. The molecule has 5 rings (SSSR count). The Labute approximate surface area is 158 Å². The number of aryl methyl sites for hydroxylation is 1. The number of likely N-dealkylation sites (tertiary alicyclic amines) is 2. The fourth-order valence-corrected chi connectivity index (χ4v) is 6.10.